The number of halogens is 3. The minimum Gasteiger partial charge on any atom is -0.478 e. The van der Waals surface area contributed by atoms with Crippen LogP contribution in [0.2, 0.25) is 0 Å². The van der Waals surface area contributed by atoms with Gasteiger partial charge in [0, 0.05) is 158 Å². The van der Waals surface area contributed by atoms with E-state index in [0.717, 1.165) is 70.5 Å². The molecule has 0 radical (unpaired) electrons. The highest BCUT2D eigenvalue weighted by molar-refractivity contribution is 5.99. The number of carbonyl (C=O) groups excluding carboxylic acids is 3. The molecular weight excluding hydrogens is 1130 g/mol. The molecule has 0 unspecified atom stereocenters. The SMILES string of the molecule is C.CCN(CC)C(=O)N[C@H]1C=C2c3cccc4[nH]cc(c34)C[C@H]2N(C)C1.CCN(CC)C(=O)N[C@H]1C[C@@H]2c3cccc4[nH]c(C(F)(F)F)c(c34)C[C@H]2N(C)C1.CCN(CC)C(=O)N[C@H]1C[C@@H]2c3cccc4[nH]cc(c34)C[C@H]2N(C)C1.O=C(O)/C=C\C(=O)O. The van der Waals surface area contributed by atoms with Crippen LogP contribution in [-0.2, 0) is 35.0 Å². The van der Waals surface area contributed by atoms with E-state index in [4.69, 9.17) is 10.2 Å². The van der Waals surface area contributed by atoms with Crippen LogP contribution in [0.3, 0.4) is 0 Å². The number of carbonyl (C=O) groups is 5. The zero-order chi connectivity index (χ0) is 62.6. The Hall–Kier alpha value is -7.82. The van der Waals surface area contributed by atoms with Crippen LogP contribution >= 0.6 is 0 Å². The Morgan fingerprint density at radius 1 is 0.591 bits per heavy atom. The Morgan fingerprint density at radius 3 is 1.55 bits per heavy atom. The van der Waals surface area contributed by atoms with Gasteiger partial charge in [0.2, 0.25) is 0 Å². The summed E-state index contributed by atoms with van der Waals surface area (Å²) in [4.78, 5) is 78.3. The van der Waals surface area contributed by atoms with Gasteiger partial charge in [-0.25, -0.2) is 24.0 Å². The lowest BCUT2D eigenvalue weighted by Crippen LogP contribution is -2.56. The van der Waals surface area contributed by atoms with Crippen LogP contribution in [0.1, 0.15) is 113 Å². The summed E-state index contributed by atoms with van der Waals surface area (Å²) in [6, 6.07) is 19.6. The summed E-state index contributed by atoms with van der Waals surface area (Å²) < 4.78 is 40.8. The molecule has 3 aromatic carbocycles. The van der Waals surface area contributed by atoms with Gasteiger partial charge in [-0.1, -0.05) is 49.9 Å². The summed E-state index contributed by atoms with van der Waals surface area (Å²) in [5.41, 5.74) is 10.6. The van der Waals surface area contributed by atoms with Crippen LogP contribution in [0.4, 0.5) is 27.6 Å². The fourth-order valence-electron chi connectivity index (χ4n) is 14.4. The number of carboxylic acid groups (broad SMARTS) is 2. The number of hydrogen-bond acceptors (Lipinski definition) is 8. The molecule has 22 heteroatoms. The highest BCUT2D eigenvalue weighted by atomic mass is 19.4. The molecule has 12 rings (SSSR count). The molecule has 6 aliphatic rings. The molecule has 2 fully saturated rings. The number of amides is 6. The van der Waals surface area contributed by atoms with E-state index in [2.05, 4.69) is 115 Å². The van der Waals surface area contributed by atoms with Gasteiger partial charge in [-0.05, 0) is 152 Å². The summed E-state index contributed by atoms with van der Waals surface area (Å²) in [7, 11) is 6.30. The van der Waals surface area contributed by atoms with E-state index in [0.29, 0.717) is 72.7 Å². The predicted octanol–water partition coefficient (Wildman–Crippen LogP) is 10.1. The Labute approximate surface area is 513 Å². The van der Waals surface area contributed by atoms with Gasteiger partial charge in [0.05, 0.1) is 6.04 Å². The molecule has 0 saturated carbocycles. The van der Waals surface area contributed by atoms with E-state index in [9.17, 15) is 37.1 Å². The van der Waals surface area contributed by atoms with Crippen molar-refractivity contribution in [1.82, 2.24) is 60.3 Å². The molecule has 3 aromatic heterocycles. The van der Waals surface area contributed by atoms with Crippen LogP contribution in [0.25, 0.3) is 38.3 Å². The number of H-pyrrole nitrogens is 3. The van der Waals surface area contributed by atoms with Crippen molar-refractivity contribution < 1.29 is 47.4 Å². The van der Waals surface area contributed by atoms with E-state index in [1.165, 1.54) is 49.6 Å². The largest absolute Gasteiger partial charge is 0.478 e. The summed E-state index contributed by atoms with van der Waals surface area (Å²) >= 11 is 0. The molecule has 6 aromatic rings. The number of rotatable bonds is 11. The van der Waals surface area contributed by atoms with Crippen LogP contribution in [-0.4, -0.2) is 201 Å². The van der Waals surface area contributed by atoms with Gasteiger partial charge >= 0.3 is 36.2 Å². The van der Waals surface area contributed by atoms with Crippen LogP contribution in [0.15, 0.2) is 85.2 Å². The number of benzene rings is 3. The van der Waals surface area contributed by atoms with Gasteiger partial charge < -0.3 is 65.6 Å². The third-order valence-electron chi connectivity index (χ3n) is 18.6. The molecular formula is C66H89F3N12O7. The Balaban J connectivity index is 0.000000160. The second kappa shape index (κ2) is 28.1. The van der Waals surface area contributed by atoms with Crippen LogP contribution in [0.5, 0.6) is 0 Å². The lowest BCUT2D eigenvalue weighted by molar-refractivity contribution is -0.141. The first-order valence-corrected chi connectivity index (χ1v) is 30.6. The van der Waals surface area contributed by atoms with Gasteiger partial charge in [0.15, 0.2) is 0 Å². The first-order valence-electron chi connectivity index (χ1n) is 30.6. The molecule has 8 atom stereocenters. The number of aliphatic carboxylic acids is 2. The van der Waals surface area contributed by atoms with Crippen molar-refractivity contribution in [2.75, 3.05) is 80.0 Å². The second-order valence-corrected chi connectivity index (χ2v) is 23.6. The molecule has 0 spiro atoms. The number of likely N-dealkylation sites (N-methyl/N-ethyl adjacent to an activating group) is 3. The van der Waals surface area contributed by atoms with E-state index >= 15 is 0 Å². The Bertz CT molecular complexity index is 3510. The summed E-state index contributed by atoms with van der Waals surface area (Å²) in [5.74, 6) is -1.95. The average molecular weight is 1220 g/mol. The Morgan fingerprint density at radius 2 is 1.05 bits per heavy atom. The summed E-state index contributed by atoms with van der Waals surface area (Å²) in [6.45, 7) is 18.6. The van der Waals surface area contributed by atoms with E-state index in [-0.39, 0.29) is 55.6 Å². The van der Waals surface area contributed by atoms with Crippen molar-refractivity contribution in [2.45, 2.75) is 135 Å². The zero-order valence-electron chi connectivity index (χ0n) is 51.4. The summed E-state index contributed by atoms with van der Waals surface area (Å²) in [5, 5.41) is 28.7. The van der Waals surface area contributed by atoms with Gasteiger partial charge in [-0.2, -0.15) is 13.2 Å². The van der Waals surface area contributed by atoms with Crippen molar-refractivity contribution in [3.8, 4) is 0 Å². The van der Waals surface area contributed by atoms with Crippen LogP contribution < -0.4 is 16.0 Å². The molecule has 88 heavy (non-hydrogen) atoms. The smallest absolute Gasteiger partial charge is 0.431 e. The normalized spacial score (nSPS) is 22.6. The molecule has 19 nitrogen and oxygen atoms in total. The number of aromatic amines is 3. The predicted molar refractivity (Wildman–Crippen MR) is 340 cm³/mol. The minimum absolute atomic E-state index is 0. The molecule has 3 aliphatic heterocycles. The van der Waals surface area contributed by atoms with Crippen molar-refractivity contribution in [3.05, 3.63) is 124 Å². The third kappa shape index (κ3) is 13.9. The molecule has 3 aliphatic carbocycles. The highest BCUT2D eigenvalue weighted by Gasteiger charge is 2.45. The summed E-state index contributed by atoms with van der Waals surface area (Å²) in [6.07, 6.45) is 7.54. The van der Waals surface area contributed by atoms with Crippen molar-refractivity contribution in [1.29, 1.82) is 0 Å². The van der Waals surface area contributed by atoms with Crippen molar-refractivity contribution >= 4 is 68.3 Å². The lowest BCUT2D eigenvalue weighted by atomic mass is 9.73. The lowest BCUT2D eigenvalue weighted by Gasteiger charge is -2.46. The quantitative estimate of drug-likeness (QED) is 0.0573. The van der Waals surface area contributed by atoms with Gasteiger partial charge in [0.25, 0.3) is 0 Å². The van der Waals surface area contributed by atoms with E-state index in [1.54, 1.807) is 11.0 Å². The maximum atomic E-state index is 13.6. The number of urea groups is 3. The Kier molecular flexibility index (Phi) is 21.1. The molecule has 6 heterocycles. The first kappa shape index (κ1) is 66.1. The van der Waals surface area contributed by atoms with Crippen molar-refractivity contribution in [3.63, 3.8) is 0 Å². The standard InChI is InChI=1S/C21H27F3N4O.C20H28N4O.C20H26N4O.C4H4O4.CH4/c1-4-28(5-2)20(29)25-12-9-14-13-7-6-8-16-18(13)15(10-17(14)27(3)11-12)19(26-16)21(22,23)24;2*1-4-24(5-2)20(25)22-14-10-16-15-7-6-8-17-19(15)13(11-21-17)9-18(16)23(3)12-14;5-3(6)1-2-4(7)8;/h6-8,12,14,17,26H,4-5,9-11H2,1-3H3,(H,25,29);6-8,11,14,16,18,21H,4-5,9-10,12H2,1-3H3,(H,22,25);6-8,10-11,14,18,21H,4-5,9,12H2,1-3H3,(H,22,25);1-2H,(H,5,6)(H,7,8);1H4/b;;;2-1-;/t12-,14+,17+;14-,16+,18+;14-,18+;;/m000../s1. The number of nitrogens with one attached hydrogen (secondary N) is 6. The number of likely N-dealkylation sites (tertiary alicyclic amines) is 2. The average Bonchev–Trinajstić information content (AvgIpc) is 1.51. The van der Waals surface area contributed by atoms with E-state index in [1.807, 2.05) is 70.5 Å². The van der Waals surface area contributed by atoms with Crippen LogP contribution in [0, 0.1) is 0 Å². The van der Waals surface area contributed by atoms with Crippen molar-refractivity contribution in [2.24, 2.45) is 0 Å². The molecule has 2 saturated heterocycles. The highest BCUT2D eigenvalue weighted by Crippen LogP contribution is 2.48. The monoisotopic (exact) mass is 1220 g/mol. The molecule has 6 amide bonds. The second-order valence-electron chi connectivity index (χ2n) is 23.6. The fourth-order valence-corrected chi connectivity index (χ4v) is 14.4. The molecule has 476 valence electrons. The number of piperidine rings is 2. The van der Waals surface area contributed by atoms with E-state index < -0.39 is 23.8 Å². The zero-order valence-corrected chi connectivity index (χ0v) is 51.4. The van der Waals surface area contributed by atoms with Gasteiger partial charge in [0.1, 0.15) is 5.69 Å². The van der Waals surface area contributed by atoms with Gasteiger partial charge in [-0.15, -0.1) is 0 Å². The minimum atomic E-state index is -4.40. The fraction of sp³-hybridized carbons (Fsp3) is 0.500. The number of nitrogens with zero attached hydrogens (tertiary/aromatic N) is 6. The third-order valence-corrected chi connectivity index (χ3v) is 18.6. The number of carboxylic acids is 2. The number of aromatic nitrogens is 3. The number of hydrogen-bond donors (Lipinski definition) is 8. The molecule has 8 N–H and O–H groups in total. The number of alkyl halides is 3. The number of fused-ring (bicyclic) bond motifs is 6. The maximum absolute atomic E-state index is 13.6. The maximum Gasteiger partial charge on any atom is 0.431 e. The van der Waals surface area contributed by atoms with Gasteiger partial charge in [-0.3, -0.25) is 4.90 Å². The first-order chi connectivity index (χ1) is 41.6. The topological polar surface area (TPSA) is 229 Å². The molecule has 0 bridgehead atoms.